The Labute approximate surface area is 195 Å². The Morgan fingerprint density at radius 2 is 1.82 bits per heavy atom. The Kier molecular flexibility index (Phi) is 5.00. The SMILES string of the molecule is C[C@@]1(O)CC[C@H]2[C@H](CC[C@@H]3[C@@H]2CC[C@@]2(C)[C@H]3[C@@H]3C[C@@H]3[C@@H]2C(=O)COc2ccc(F)cc2F)C1. The summed E-state index contributed by atoms with van der Waals surface area (Å²) in [5, 5.41) is 10.6. The number of hydrogen-bond acceptors (Lipinski definition) is 3. The predicted octanol–water partition coefficient (Wildman–Crippen LogP) is 5.79. The second-order valence-electron chi connectivity index (χ2n) is 12.5. The molecule has 5 saturated carbocycles. The summed E-state index contributed by atoms with van der Waals surface area (Å²) in [7, 11) is 0. The maximum absolute atomic E-state index is 14.0. The van der Waals surface area contributed by atoms with Crippen LogP contribution in [-0.2, 0) is 4.79 Å². The van der Waals surface area contributed by atoms with Gasteiger partial charge in [-0.1, -0.05) is 6.92 Å². The number of Topliss-reactive ketones (excluding diaryl/α,β-unsaturated/α-hetero) is 1. The molecule has 0 heterocycles. The van der Waals surface area contributed by atoms with Crippen LogP contribution in [0, 0.1) is 64.4 Å². The van der Waals surface area contributed by atoms with Crippen molar-refractivity contribution in [1.29, 1.82) is 0 Å². The molecule has 5 aliphatic rings. The average Bonchev–Trinajstić information content (AvgIpc) is 3.45. The summed E-state index contributed by atoms with van der Waals surface area (Å²) in [5.41, 5.74) is -0.475. The smallest absolute Gasteiger partial charge is 0.174 e. The van der Waals surface area contributed by atoms with Crippen molar-refractivity contribution in [3.05, 3.63) is 29.8 Å². The summed E-state index contributed by atoms with van der Waals surface area (Å²) in [4.78, 5) is 13.4. The number of fused-ring (bicyclic) bond motifs is 7. The molecule has 0 aliphatic heterocycles. The van der Waals surface area contributed by atoms with Crippen LogP contribution in [0.2, 0.25) is 0 Å². The van der Waals surface area contributed by atoms with Gasteiger partial charge in [0.15, 0.2) is 17.3 Å². The molecule has 1 N–H and O–H groups in total. The van der Waals surface area contributed by atoms with Crippen molar-refractivity contribution in [3.63, 3.8) is 0 Å². The minimum Gasteiger partial charge on any atom is -0.483 e. The molecular weight excluding hydrogens is 422 g/mol. The van der Waals surface area contributed by atoms with Crippen LogP contribution < -0.4 is 4.74 Å². The zero-order chi connectivity index (χ0) is 23.1. The summed E-state index contributed by atoms with van der Waals surface area (Å²) >= 11 is 0. The van der Waals surface area contributed by atoms with Crippen LogP contribution in [-0.4, -0.2) is 23.1 Å². The van der Waals surface area contributed by atoms with Crippen molar-refractivity contribution in [3.8, 4) is 5.75 Å². The molecule has 180 valence electrons. The van der Waals surface area contributed by atoms with Crippen LogP contribution in [0.5, 0.6) is 5.75 Å². The lowest BCUT2D eigenvalue weighted by atomic mass is 9.48. The summed E-state index contributed by atoms with van der Waals surface area (Å²) in [6.45, 7) is 4.22. The number of carbonyl (C=O) groups is 1. The number of ketones is 1. The first-order chi connectivity index (χ1) is 15.7. The summed E-state index contributed by atoms with van der Waals surface area (Å²) in [5.74, 6) is 3.22. The summed E-state index contributed by atoms with van der Waals surface area (Å²) < 4.78 is 32.7. The molecule has 0 amide bonds. The van der Waals surface area contributed by atoms with E-state index < -0.39 is 17.2 Å². The third-order valence-electron chi connectivity index (χ3n) is 10.6. The molecule has 5 heteroatoms. The number of ether oxygens (including phenoxy) is 1. The third kappa shape index (κ3) is 3.47. The molecule has 1 aromatic rings. The van der Waals surface area contributed by atoms with Gasteiger partial charge in [0.1, 0.15) is 12.4 Å². The lowest BCUT2D eigenvalue weighted by Gasteiger charge is -2.57. The number of hydrogen-bond donors (Lipinski definition) is 1. The van der Waals surface area contributed by atoms with Crippen molar-refractivity contribution >= 4 is 5.78 Å². The second-order valence-corrected chi connectivity index (χ2v) is 12.5. The van der Waals surface area contributed by atoms with Crippen LogP contribution in [0.25, 0.3) is 0 Å². The van der Waals surface area contributed by atoms with Gasteiger partial charge in [-0.3, -0.25) is 4.79 Å². The van der Waals surface area contributed by atoms with Crippen LogP contribution in [0.15, 0.2) is 18.2 Å². The first-order valence-electron chi connectivity index (χ1n) is 13.0. The van der Waals surface area contributed by atoms with E-state index in [4.69, 9.17) is 4.74 Å². The van der Waals surface area contributed by atoms with Crippen LogP contribution in [0.4, 0.5) is 8.78 Å². The molecule has 3 nitrogen and oxygen atoms in total. The van der Waals surface area contributed by atoms with Gasteiger partial charge in [0.05, 0.1) is 5.60 Å². The number of aliphatic hydroxyl groups is 1. The Hall–Kier alpha value is -1.49. The zero-order valence-corrected chi connectivity index (χ0v) is 19.7. The van der Waals surface area contributed by atoms with Crippen LogP contribution in [0.3, 0.4) is 0 Å². The molecule has 33 heavy (non-hydrogen) atoms. The number of carbonyl (C=O) groups excluding carboxylic acids is 1. The monoisotopic (exact) mass is 458 g/mol. The van der Waals surface area contributed by atoms with Gasteiger partial charge in [-0.05, 0) is 117 Å². The van der Waals surface area contributed by atoms with Gasteiger partial charge in [0, 0.05) is 12.0 Å². The highest BCUT2D eigenvalue weighted by atomic mass is 19.1. The summed E-state index contributed by atoms with van der Waals surface area (Å²) in [6.07, 6.45) is 8.91. The Morgan fingerprint density at radius 1 is 1.03 bits per heavy atom. The fourth-order valence-electron chi connectivity index (χ4n) is 9.48. The molecule has 0 aromatic heterocycles. The van der Waals surface area contributed by atoms with Gasteiger partial charge >= 0.3 is 0 Å². The molecule has 0 saturated heterocycles. The van der Waals surface area contributed by atoms with Crippen molar-refractivity contribution in [2.45, 2.75) is 70.8 Å². The van der Waals surface area contributed by atoms with Crippen molar-refractivity contribution in [2.24, 2.45) is 52.8 Å². The highest BCUT2D eigenvalue weighted by molar-refractivity contribution is 5.84. The topological polar surface area (TPSA) is 46.5 Å². The first-order valence-corrected chi connectivity index (χ1v) is 13.0. The Balaban J connectivity index is 1.18. The minimum atomic E-state index is -0.758. The molecule has 10 atom stereocenters. The van der Waals surface area contributed by atoms with Crippen LogP contribution >= 0.6 is 0 Å². The van der Waals surface area contributed by atoms with Gasteiger partial charge in [0.25, 0.3) is 0 Å². The standard InChI is InChI=1S/C28H36F2O3/c1-27(32)9-7-17-15(13-27)3-5-19-18(17)8-10-28(2)25(19)20-12-21(20)26(28)23(31)14-33-24-6-4-16(29)11-22(24)30/h4,6,11,15,17-21,25-26,32H,3,5,7-10,12-14H2,1-2H3/t15-,17+,18-,19-,20-,21+,25-,26-,27-,28+/m1/s1. The maximum atomic E-state index is 14.0. The van der Waals surface area contributed by atoms with Crippen molar-refractivity contribution in [1.82, 2.24) is 0 Å². The zero-order valence-electron chi connectivity index (χ0n) is 19.7. The first kappa shape index (κ1) is 22.0. The van der Waals surface area contributed by atoms with Gasteiger partial charge in [-0.15, -0.1) is 0 Å². The Bertz CT molecular complexity index is 960. The second kappa shape index (κ2) is 7.50. The predicted molar refractivity (Wildman–Crippen MR) is 120 cm³/mol. The number of rotatable bonds is 4. The summed E-state index contributed by atoms with van der Waals surface area (Å²) in [6, 6.07) is 3.23. The van der Waals surface area contributed by atoms with E-state index in [-0.39, 0.29) is 29.5 Å². The largest absolute Gasteiger partial charge is 0.483 e. The molecule has 0 unspecified atom stereocenters. The minimum absolute atomic E-state index is 0.00164. The number of halogens is 2. The fourth-order valence-corrected chi connectivity index (χ4v) is 9.48. The lowest BCUT2D eigenvalue weighted by molar-refractivity contribution is -0.137. The van der Waals surface area contributed by atoms with E-state index >= 15 is 0 Å². The third-order valence-corrected chi connectivity index (χ3v) is 10.6. The van der Waals surface area contributed by atoms with Crippen LogP contribution in [0.1, 0.15) is 65.2 Å². The van der Waals surface area contributed by atoms with Gasteiger partial charge < -0.3 is 9.84 Å². The molecule has 0 radical (unpaired) electrons. The quantitative estimate of drug-likeness (QED) is 0.621. The van der Waals surface area contributed by atoms with E-state index in [1.165, 1.54) is 25.3 Å². The van der Waals surface area contributed by atoms with Gasteiger partial charge in [-0.25, -0.2) is 8.78 Å². The van der Waals surface area contributed by atoms with E-state index in [2.05, 4.69) is 6.92 Å². The lowest BCUT2D eigenvalue weighted by Crippen LogP contribution is -2.52. The van der Waals surface area contributed by atoms with Crippen molar-refractivity contribution in [2.75, 3.05) is 6.61 Å². The molecule has 5 aliphatic carbocycles. The maximum Gasteiger partial charge on any atom is 0.174 e. The fraction of sp³-hybridized carbons (Fsp3) is 0.750. The highest BCUT2D eigenvalue weighted by Crippen LogP contribution is 2.74. The van der Waals surface area contributed by atoms with E-state index in [0.717, 1.165) is 56.1 Å². The molecule has 0 bridgehead atoms. The molecule has 5 fully saturated rings. The number of benzene rings is 1. The molecular formula is C28H36F2O3. The molecule has 0 spiro atoms. The van der Waals surface area contributed by atoms with Gasteiger partial charge in [-0.2, -0.15) is 0 Å². The van der Waals surface area contributed by atoms with E-state index in [0.29, 0.717) is 29.6 Å². The Morgan fingerprint density at radius 3 is 2.61 bits per heavy atom. The van der Waals surface area contributed by atoms with E-state index in [1.54, 1.807) is 0 Å². The normalized spacial score (nSPS) is 47.7. The highest BCUT2D eigenvalue weighted by Gasteiger charge is 2.70. The average molecular weight is 459 g/mol. The van der Waals surface area contributed by atoms with Crippen molar-refractivity contribution < 1.29 is 23.4 Å². The van der Waals surface area contributed by atoms with E-state index in [9.17, 15) is 18.7 Å². The molecule has 1 aromatic carbocycles. The molecule has 6 rings (SSSR count). The van der Waals surface area contributed by atoms with E-state index in [1.807, 2.05) is 6.92 Å². The van der Waals surface area contributed by atoms with Gasteiger partial charge in [0.2, 0.25) is 0 Å².